The van der Waals surface area contributed by atoms with E-state index in [2.05, 4.69) is 27.6 Å². The second-order valence-electron chi connectivity index (χ2n) is 7.53. The number of rotatable bonds is 7. The number of nitrogens with zero attached hydrogens (tertiary/aromatic N) is 3. The van der Waals surface area contributed by atoms with Gasteiger partial charge >= 0.3 is 0 Å². The first kappa shape index (κ1) is 19.0. The van der Waals surface area contributed by atoms with E-state index in [1.54, 1.807) is 6.07 Å². The van der Waals surface area contributed by atoms with Crippen LogP contribution < -0.4 is 16.4 Å². The Bertz CT molecular complexity index is 1070. The average molecular weight is 390 g/mol. The van der Waals surface area contributed by atoms with Crippen molar-refractivity contribution in [2.75, 3.05) is 10.6 Å². The number of anilines is 4. The number of aryl methyl sites for hydroxylation is 3. The van der Waals surface area contributed by atoms with Crippen LogP contribution in [0.25, 0.3) is 0 Å². The highest BCUT2D eigenvalue weighted by Crippen LogP contribution is 2.44. The van der Waals surface area contributed by atoms with Crippen LogP contribution in [0, 0.1) is 13.8 Å². The molecular formula is C22H26N6O. The molecule has 7 heteroatoms. The molecule has 150 valence electrons. The minimum Gasteiger partial charge on any atom is -0.366 e. The summed E-state index contributed by atoms with van der Waals surface area (Å²) < 4.78 is 1.91. The summed E-state index contributed by atoms with van der Waals surface area (Å²) in [5.74, 6) is 1.68. The second kappa shape index (κ2) is 7.58. The molecule has 1 saturated carbocycles. The first-order chi connectivity index (χ1) is 14.0. The number of aromatic nitrogens is 3. The van der Waals surface area contributed by atoms with Gasteiger partial charge in [0.05, 0.1) is 16.9 Å². The number of para-hydroxylation sites is 1. The number of hydrogen-bond acceptors (Lipinski definition) is 5. The van der Waals surface area contributed by atoms with Crippen LogP contribution in [0.4, 0.5) is 23.0 Å². The molecular weight excluding hydrogens is 364 g/mol. The fraction of sp³-hybridized carbons (Fsp3) is 0.318. The zero-order valence-electron chi connectivity index (χ0n) is 17.0. The fourth-order valence-corrected chi connectivity index (χ4v) is 3.55. The SMILES string of the molecule is CCn1nc(C)cc1Nc1cc(Nc2c(C)cccc2C(N)=O)c(C2CC2)cn1. The molecule has 0 spiro atoms. The molecule has 4 N–H and O–H groups in total. The number of primary amides is 1. The van der Waals surface area contributed by atoms with Crippen molar-refractivity contribution in [2.24, 2.45) is 5.73 Å². The van der Waals surface area contributed by atoms with Crippen LogP contribution in [-0.4, -0.2) is 20.7 Å². The number of hydrogen-bond donors (Lipinski definition) is 3. The zero-order chi connectivity index (χ0) is 20.5. The van der Waals surface area contributed by atoms with Crippen LogP contribution >= 0.6 is 0 Å². The van der Waals surface area contributed by atoms with Gasteiger partial charge < -0.3 is 16.4 Å². The molecule has 4 rings (SSSR count). The maximum atomic E-state index is 11.9. The van der Waals surface area contributed by atoms with Crippen molar-refractivity contribution >= 4 is 28.9 Å². The van der Waals surface area contributed by atoms with Crippen LogP contribution in [0.2, 0.25) is 0 Å². The molecule has 0 atom stereocenters. The predicted molar refractivity (Wildman–Crippen MR) is 115 cm³/mol. The minimum absolute atomic E-state index is 0.445. The summed E-state index contributed by atoms with van der Waals surface area (Å²) in [5.41, 5.74) is 10.9. The van der Waals surface area contributed by atoms with Gasteiger partial charge in [0.2, 0.25) is 0 Å². The molecule has 0 bridgehead atoms. The topological polar surface area (TPSA) is 97.9 Å². The van der Waals surface area contributed by atoms with Crippen molar-refractivity contribution in [2.45, 2.75) is 46.1 Å². The number of benzene rings is 1. The monoisotopic (exact) mass is 390 g/mol. The van der Waals surface area contributed by atoms with Crippen molar-refractivity contribution in [1.29, 1.82) is 0 Å². The summed E-state index contributed by atoms with van der Waals surface area (Å²) in [4.78, 5) is 16.5. The second-order valence-corrected chi connectivity index (χ2v) is 7.53. The zero-order valence-corrected chi connectivity index (χ0v) is 17.0. The summed E-state index contributed by atoms with van der Waals surface area (Å²) in [6, 6.07) is 9.55. The number of carbonyl (C=O) groups excluding carboxylic acids is 1. The van der Waals surface area contributed by atoms with Crippen LogP contribution in [-0.2, 0) is 6.54 Å². The van der Waals surface area contributed by atoms with E-state index in [0.717, 1.165) is 59.2 Å². The Morgan fingerprint density at radius 2 is 2.03 bits per heavy atom. The summed E-state index contributed by atoms with van der Waals surface area (Å²) in [7, 11) is 0. The lowest BCUT2D eigenvalue weighted by Gasteiger charge is -2.17. The number of carbonyl (C=O) groups is 1. The molecule has 2 heterocycles. The minimum atomic E-state index is -0.445. The quantitative estimate of drug-likeness (QED) is 0.556. The van der Waals surface area contributed by atoms with Gasteiger partial charge in [0.1, 0.15) is 11.6 Å². The van der Waals surface area contributed by atoms with Gasteiger partial charge in [0.15, 0.2) is 0 Å². The van der Waals surface area contributed by atoms with Crippen molar-refractivity contribution in [1.82, 2.24) is 14.8 Å². The molecule has 1 aromatic carbocycles. The van der Waals surface area contributed by atoms with Crippen LogP contribution in [0.1, 0.15) is 52.9 Å². The third-order valence-corrected chi connectivity index (χ3v) is 5.21. The van der Waals surface area contributed by atoms with E-state index in [1.807, 2.05) is 49.0 Å². The summed E-state index contributed by atoms with van der Waals surface area (Å²) in [6.07, 6.45) is 4.23. The Balaban J connectivity index is 1.71. The van der Waals surface area contributed by atoms with Crippen LogP contribution in [0.5, 0.6) is 0 Å². The summed E-state index contributed by atoms with van der Waals surface area (Å²) in [6.45, 7) is 6.76. The lowest BCUT2D eigenvalue weighted by Crippen LogP contribution is -2.14. The molecule has 3 aromatic rings. The molecule has 0 saturated heterocycles. The molecule has 1 aliphatic rings. The van der Waals surface area contributed by atoms with Gasteiger partial charge in [-0.25, -0.2) is 9.67 Å². The van der Waals surface area contributed by atoms with Gasteiger partial charge in [-0.1, -0.05) is 12.1 Å². The molecule has 0 unspecified atom stereocenters. The first-order valence-corrected chi connectivity index (χ1v) is 9.94. The summed E-state index contributed by atoms with van der Waals surface area (Å²) in [5, 5.41) is 11.3. The third-order valence-electron chi connectivity index (χ3n) is 5.21. The van der Waals surface area contributed by atoms with Gasteiger partial charge in [-0.05, 0) is 56.7 Å². The highest BCUT2D eigenvalue weighted by Gasteiger charge is 2.27. The average Bonchev–Trinajstić information content (AvgIpc) is 3.46. The smallest absolute Gasteiger partial charge is 0.250 e. The Hall–Kier alpha value is -3.35. The standard InChI is InChI=1S/C22H26N6O/c1-4-28-20(10-14(3)27-28)26-19-11-18(17(12-24-19)15-8-9-15)25-21-13(2)6-5-7-16(21)22(23)29/h5-7,10-12,15H,4,8-9H2,1-3H3,(H2,23,29)(H2,24,25,26). The lowest BCUT2D eigenvalue weighted by molar-refractivity contribution is 0.100. The van der Waals surface area contributed by atoms with E-state index in [4.69, 9.17) is 5.73 Å². The van der Waals surface area contributed by atoms with Crippen molar-refractivity contribution in [3.8, 4) is 0 Å². The molecule has 7 nitrogen and oxygen atoms in total. The molecule has 1 fully saturated rings. The molecule has 0 radical (unpaired) electrons. The van der Waals surface area contributed by atoms with E-state index in [0.29, 0.717) is 11.5 Å². The lowest BCUT2D eigenvalue weighted by atomic mass is 10.1. The van der Waals surface area contributed by atoms with Gasteiger partial charge in [-0.15, -0.1) is 0 Å². The van der Waals surface area contributed by atoms with Crippen LogP contribution in [0.3, 0.4) is 0 Å². The molecule has 0 aliphatic heterocycles. The van der Waals surface area contributed by atoms with Crippen molar-refractivity contribution < 1.29 is 4.79 Å². The van der Waals surface area contributed by atoms with Gasteiger partial charge in [-0.3, -0.25) is 4.79 Å². The van der Waals surface area contributed by atoms with Crippen molar-refractivity contribution in [3.05, 3.63) is 58.9 Å². The highest BCUT2D eigenvalue weighted by molar-refractivity contribution is 6.00. The molecule has 2 aromatic heterocycles. The van der Waals surface area contributed by atoms with E-state index in [-0.39, 0.29) is 0 Å². The highest BCUT2D eigenvalue weighted by atomic mass is 16.1. The van der Waals surface area contributed by atoms with E-state index >= 15 is 0 Å². The van der Waals surface area contributed by atoms with E-state index in [9.17, 15) is 4.79 Å². The maximum Gasteiger partial charge on any atom is 0.250 e. The van der Waals surface area contributed by atoms with Crippen molar-refractivity contribution in [3.63, 3.8) is 0 Å². The maximum absolute atomic E-state index is 11.9. The van der Waals surface area contributed by atoms with E-state index in [1.165, 1.54) is 0 Å². The van der Waals surface area contributed by atoms with Crippen LogP contribution in [0.15, 0.2) is 36.5 Å². The fourth-order valence-electron chi connectivity index (χ4n) is 3.55. The predicted octanol–water partition coefficient (Wildman–Crippen LogP) is 4.38. The molecule has 1 aliphatic carbocycles. The first-order valence-electron chi connectivity index (χ1n) is 9.94. The van der Waals surface area contributed by atoms with Gasteiger partial charge in [0.25, 0.3) is 5.91 Å². The largest absolute Gasteiger partial charge is 0.366 e. The normalized spacial score (nSPS) is 13.3. The third kappa shape index (κ3) is 3.94. The number of pyridine rings is 1. The van der Waals surface area contributed by atoms with Gasteiger partial charge in [0, 0.05) is 30.6 Å². The van der Waals surface area contributed by atoms with Gasteiger partial charge in [-0.2, -0.15) is 5.10 Å². The Kier molecular flexibility index (Phi) is 4.96. The molecule has 29 heavy (non-hydrogen) atoms. The number of amides is 1. The Morgan fingerprint density at radius 3 is 2.72 bits per heavy atom. The Morgan fingerprint density at radius 1 is 1.24 bits per heavy atom. The number of nitrogens with one attached hydrogen (secondary N) is 2. The number of nitrogens with two attached hydrogens (primary N) is 1. The molecule has 1 amide bonds. The Labute approximate surface area is 170 Å². The summed E-state index contributed by atoms with van der Waals surface area (Å²) >= 11 is 0. The van der Waals surface area contributed by atoms with E-state index < -0.39 is 5.91 Å².